The Bertz CT molecular complexity index is 1090. The first-order valence-corrected chi connectivity index (χ1v) is 26.6. The van der Waals surface area contributed by atoms with Crippen LogP contribution >= 0.6 is 0 Å². The summed E-state index contributed by atoms with van der Waals surface area (Å²) in [6.07, 6.45) is 61.0. The third-order valence-corrected chi connectivity index (χ3v) is 11.6. The second kappa shape index (κ2) is 51.0. The zero-order valence-corrected chi connectivity index (χ0v) is 41.1. The Morgan fingerprint density at radius 2 is 0.629 bits per heavy atom. The maximum atomic E-state index is 12.8. The molecule has 360 valence electrons. The number of carbonyl (C=O) groups excluding carboxylic acids is 3. The molecule has 62 heavy (non-hydrogen) atoms. The molecule has 1 atom stereocenters. The van der Waals surface area contributed by atoms with Crippen LogP contribution in [0.4, 0.5) is 0 Å². The molecule has 0 spiro atoms. The molecule has 6 heteroatoms. The molecule has 0 saturated heterocycles. The molecule has 1 unspecified atom stereocenters. The van der Waals surface area contributed by atoms with Crippen molar-refractivity contribution >= 4 is 17.9 Å². The van der Waals surface area contributed by atoms with Crippen molar-refractivity contribution in [3.05, 3.63) is 48.6 Å². The molecule has 6 nitrogen and oxygen atoms in total. The highest BCUT2D eigenvalue weighted by atomic mass is 16.6. The van der Waals surface area contributed by atoms with Gasteiger partial charge < -0.3 is 14.2 Å². The summed E-state index contributed by atoms with van der Waals surface area (Å²) in [5.74, 6) is -0.893. The third kappa shape index (κ3) is 48.4. The Hall–Kier alpha value is -2.63. The van der Waals surface area contributed by atoms with Crippen molar-refractivity contribution < 1.29 is 28.6 Å². The minimum Gasteiger partial charge on any atom is -0.462 e. The van der Waals surface area contributed by atoms with Gasteiger partial charge in [-0.15, -0.1) is 0 Å². The second-order valence-corrected chi connectivity index (χ2v) is 17.7. The first kappa shape index (κ1) is 59.4. The minimum atomic E-state index is -0.780. The molecule has 0 aliphatic heterocycles. The number of rotatable bonds is 48. The molecule has 0 aromatic carbocycles. The van der Waals surface area contributed by atoms with Crippen molar-refractivity contribution in [2.24, 2.45) is 0 Å². The van der Waals surface area contributed by atoms with Gasteiger partial charge in [0.25, 0.3) is 0 Å². The van der Waals surface area contributed by atoms with Gasteiger partial charge in [0.1, 0.15) is 13.2 Å². The highest BCUT2D eigenvalue weighted by Gasteiger charge is 2.19. The lowest BCUT2D eigenvalue weighted by Crippen LogP contribution is -2.30. The molecule has 0 N–H and O–H groups in total. The van der Waals surface area contributed by atoms with Crippen LogP contribution in [0.5, 0.6) is 0 Å². The summed E-state index contributed by atoms with van der Waals surface area (Å²) in [7, 11) is 0. The van der Waals surface area contributed by atoms with Gasteiger partial charge in [0, 0.05) is 19.3 Å². The Morgan fingerprint density at radius 3 is 0.968 bits per heavy atom. The van der Waals surface area contributed by atoms with Gasteiger partial charge in [0.15, 0.2) is 6.10 Å². The van der Waals surface area contributed by atoms with Crippen molar-refractivity contribution in [1.29, 1.82) is 0 Å². The minimum absolute atomic E-state index is 0.0785. The van der Waals surface area contributed by atoms with Gasteiger partial charge in [-0.25, -0.2) is 0 Å². The van der Waals surface area contributed by atoms with Gasteiger partial charge in [0.2, 0.25) is 0 Å². The van der Waals surface area contributed by atoms with E-state index in [2.05, 4.69) is 69.4 Å². The predicted octanol–water partition coefficient (Wildman–Crippen LogP) is 17.5. The van der Waals surface area contributed by atoms with Crippen LogP contribution < -0.4 is 0 Å². The maximum Gasteiger partial charge on any atom is 0.306 e. The molecule has 0 saturated carbocycles. The third-order valence-electron chi connectivity index (χ3n) is 11.6. The highest BCUT2D eigenvalue weighted by molar-refractivity contribution is 5.71. The molecule has 0 aliphatic carbocycles. The Kier molecular flexibility index (Phi) is 48.8. The number of hydrogen-bond acceptors (Lipinski definition) is 6. The van der Waals surface area contributed by atoms with Crippen molar-refractivity contribution in [2.45, 2.75) is 277 Å². The molecule has 0 bridgehead atoms. The highest BCUT2D eigenvalue weighted by Crippen LogP contribution is 2.16. The first-order chi connectivity index (χ1) is 30.5. The van der Waals surface area contributed by atoms with E-state index >= 15 is 0 Å². The van der Waals surface area contributed by atoms with Crippen molar-refractivity contribution in [3.8, 4) is 0 Å². The molecule has 0 rings (SSSR count). The van der Waals surface area contributed by atoms with Crippen LogP contribution in [0.2, 0.25) is 0 Å². The van der Waals surface area contributed by atoms with E-state index < -0.39 is 6.10 Å². The summed E-state index contributed by atoms with van der Waals surface area (Å²) in [6.45, 7) is 6.43. The number of carbonyl (C=O) groups is 3. The zero-order chi connectivity index (χ0) is 45.1. The SMILES string of the molecule is CC/C=C\C/C=C\CCCCCCCCCC(=O)OC(COC(=O)CCCCCCC/C=C\C/C=C\CC)COC(=O)CCCCCCCCCCCCCCCCCCCC. The van der Waals surface area contributed by atoms with E-state index in [1.54, 1.807) is 0 Å². The van der Waals surface area contributed by atoms with E-state index in [-0.39, 0.29) is 31.1 Å². The summed E-state index contributed by atoms with van der Waals surface area (Å²) in [5.41, 5.74) is 0. The molecular weight excluding hydrogens is 769 g/mol. The Balaban J connectivity index is 4.33. The van der Waals surface area contributed by atoms with Crippen LogP contribution in [-0.4, -0.2) is 37.2 Å². The average molecular weight is 869 g/mol. The number of ether oxygens (including phenoxy) is 3. The fourth-order valence-electron chi connectivity index (χ4n) is 7.64. The van der Waals surface area contributed by atoms with Gasteiger partial charge >= 0.3 is 17.9 Å². The first-order valence-electron chi connectivity index (χ1n) is 26.6. The second-order valence-electron chi connectivity index (χ2n) is 17.7. The maximum absolute atomic E-state index is 12.8. The standard InChI is InChI=1S/C56H100O6/c1-4-7-10-13-16-19-22-25-27-28-29-30-32-34-37-40-43-46-49-55(58)61-52-53(51-60-54(57)48-45-42-39-36-33-24-21-18-15-12-9-6-3)62-56(59)50-47-44-41-38-35-31-26-23-20-17-14-11-8-5-2/h8-9,11-12,17-18,20-21,53H,4-7,10,13-16,19,22-52H2,1-3H3/b11-8-,12-9-,20-17-,21-18-. The lowest BCUT2D eigenvalue weighted by Gasteiger charge is -2.18. The normalized spacial score (nSPS) is 12.4. The van der Waals surface area contributed by atoms with Crippen molar-refractivity contribution in [1.82, 2.24) is 0 Å². The number of unbranched alkanes of at least 4 members (excludes halogenated alkanes) is 29. The van der Waals surface area contributed by atoms with E-state index in [1.165, 1.54) is 128 Å². The monoisotopic (exact) mass is 869 g/mol. The van der Waals surface area contributed by atoms with Crippen molar-refractivity contribution in [3.63, 3.8) is 0 Å². The van der Waals surface area contributed by atoms with Crippen LogP contribution in [0.15, 0.2) is 48.6 Å². The van der Waals surface area contributed by atoms with Gasteiger partial charge in [-0.05, 0) is 70.6 Å². The van der Waals surface area contributed by atoms with E-state index in [0.717, 1.165) is 103 Å². The molecule has 0 amide bonds. The Labute approximate surface area is 384 Å². The summed E-state index contributed by atoms with van der Waals surface area (Å²) in [5, 5.41) is 0. The lowest BCUT2D eigenvalue weighted by molar-refractivity contribution is -0.167. The smallest absolute Gasteiger partial charge is 0.306 e. The largest absolute Gasteiger partial charge is 0.462 e. The van der Waals surface area contributed by atoms with Crippen LogP contribution in [0.3, 0.4) is 0 Å². The van der Waals surface area contributed by atoms with Crippen LogP contribution in [0.25, 0.3) is 0 Å². The fourth-order valence-corrected chi connectivity index (χ4v) is 7.64. The lowest BCUT2D eigenvalue weighted by atomic mass is 10.0. The number of allylic oxidation sites excluding steroid dienone is 8. The van der Waals surface area contributed by atoms with Crippen molar-refractivity contribution in [2.75, 3.05) is 13.2 Å². The Morgan fingerprint density at radius 1 is 0.339 bits per heavy atom. The molecule has 0 aliphatic rings. The van der Waals surface area contributed by atoms with Gasteiger partial charge in [0.05, 0.1) is 0 Å². The molecule has 0 aromatic heterocycles. The zero-order valence-electron chi connectivity index (χ0n) is 41.1. The van der Waals surface area contributed by atoms with Crippen LogP contribution in [0.1, 0.15) is 271 Å². The number of esters is 3. The topological polar surface area (TPSA) is 78.9 Å². The predicted molar refractivity (Wildman–Crippen MR) is 265 cm³/mol. The van der Waals surface area contributed by atoms with E-state index in [1.807, 2.05) is 0 Å². The van der Waals surface area contributed by atoms with E-state index in [9.17, 15) is 14.4 Å². The molecule has 0 aromatic rings. The summed E-state index contributed by atoms with van der Waals surface area (Å²) < 4.78 is 16.8. The van der Waals surface area contributed by atoms with Gasteiger partial charge in [-0.2, -0.15) is 0 Å². The molecule has 0 heterocycles. The van der Waals surface area contributed by atoms with Gasteiger partial charge in [-0.3, -0.25) is 14.4 Å². The number of hydrogen-bond donors (Lipinski definition) is 0. The summed E-state index contributed by atoms with van der Waals surface area (Å²) in [6, 6.07) is 0. The summed E-state index contributed by atoms with van der Waals surface area (Å²) >= 11 is 0. The van der Waals surface area contributed by atoms with Crippen LogP contribution in [0, 0.1) is 0 Å². The molecular formula is C56H100O6. The molecule has 0 fully saturated rings. The van der Waals surface area contributed by atoms with E-state index in [4.69, 9.17) is 14.2 Å². The fraction of sp³-hybridized carbons (Fsp3) is 0.804. The summed E-state index contributed by atoms with van der Waals surface area (Å²) in [4.78, 5) is 38.0. The average Bonchev–Trinajstić information content (AvgIpc) is 3.27. The van der Waals surface area contributed by atoms with Gasteiger partial charge in [-0.1, -0.05) is 230 Å². The molecule has 0 radical (unpaired) electrons. The van der Waals surface area contributed by atoms with E-state index in [0.29, 0.717) is 19.3 Å². The quantitative estimate of drug-likeness (QED) is 0.0262. The van der Waals surface area contributed by atoms with Crippen LogP contribution in [-0.2, 0) is 28.6 Å².